The molecule has 0 bridgehead atoms. The molecule has 0 aliphatic carbocycles. The molecule has 0 saturated carbocycles. The number of nitrogens with one attached hydrogen (secondary N) is 1. The van der Waals surface area contributed by atoms with Gasteiger partial charge < -0.3 is 19.9 Å². The summed E-state index contributed by atoms with van der Waals surface area (Å²) < 4.78 is 5.16. The van der Waals surface area contributed by atoms with E-state index >= 15 is 0 Å². The second kappa shape index (κ2) is 9.26. The Morgan fingerprint density at radius 1 is 1.11 bits per heavy atom. The van der Waals surface area contributed by atoms with Gasteiger partial charge in [-0.05, 0) is 29.2 Å². The monoisotopic (exact) mass is 381 g/mol. The first-order valence-electron chi connectivity index (χ1n) is 9.55. The van der Waals surface area contributed by atoms with Crippen LogP contribution in [0.2, 0.25) is 0 Å². The molecular weight excluding hydrogens is 354 g/mol. The van der Waals surface area contributed by atoms with Crippen molar-refractivity contribution in [3.05, 3.63) is 65.7 Å². The average Bonchev–Trinajstić information content (AvgIpc) is 2.74. The number of urea groups is 1. The van der Waals surface area contributed by atoms with E-state index in [0.717, 1.165) is 11.3 Å². The lowest BCUT2D eigenvalue weighted by molar-refractivity contribution is -0.135. The van der Waals surface area contributed by atoms with E-state index in [2.05, 4.69) is 24.4 Å². The second-order valence-electron chi connectivity index (χ2n) is 7.08. The predicted octanol–water partition coefficient (Wildman–Crippen LogP) is 2.85. The lowest BCUT2D eigenvalue weighted by Crippen LogP contribution is -2.54. The molecule has 0 unspecified atom stereocenters. The van der Waals surface area contributed by atoms with Gasteiger partial charge in [0, 0.05) is 26.2 Å². The molecule has 6 heteroatoms. The van der Waals surface area contributed by atoms with Gasteiger partial charge in [0.05, 0.1) is 7.11 Å². The van der Waals surface area contributed by atoms with Crippen molar-refractivity contribution in [1.29, 1.82) is 0 Å². The summed E-state index contributed by atoms with van der Waals surface area (Å²) >= 11 is 0. The molecule has 2 aromatic rings. The fourth-order valence-electron chi connectivity index (χ4n) is 3.25. The number of methoxy groups -OCH3 is 1. The minimum atomic E-state index is -0.180. The third-order valence-corrected chi connectivity index (χ3v) is 5.07. The van der Waals surface area contributed by atoms with Crippen LogP contribution in [0.3, 0.4) is 0 Å². The first kappa shape index (κ1) is 19.7. The molecule has 1 heterocycles. The third kappa shape index (κ3) is 5.03. The lowest BCUT2D eigenvalue weighted by atomic mass is 10.0. The summed E-state index contributed by atoms with van der Waals surface area (Å²) in [5.41, 5.74) is 2.23. The first-order valence-corrected chi connectivity index (χ1v) is 9.55. The molecule has 1 aliphatic heterocycles. The highest BCUT2D eigenvalue weighted by atomic mass is 16.5. The number of carbonyl (C=O) groups excluding carboxylic acids is 2. The molecule has 3 amide bonds. The standard InChI is InChI=1S/C22H27N3O3/c1-17(19-6-4-3-5-7-19)14-23-22(27)25-13-12-24(21(26)16-25)15-18-8-10-20(28-2)11-9-18/h3-11,17H,12-16H2,1-2H3,(H,23,27)/t17-/m1/s1. The second-order valence-corrected chi connectivity index (χ2v) is 7.08. The Morgan fingerprint density at radius 3 is 2.46 bits per heavy atom. The smallest absolute Gasteiger partial charge is 0.317 e. The highest BCUT2D eigenvalue weighted by Gasteiger charge is 2.27. The number of amides is 3. The molecule has 2 aromatic carbocycles. The summed E-state index contributed by atoms with van der Waals surface area (Å²) in [5, 5.41) is 2.95. The molecule has 1 saturated heterocycles. The van der Waals surface area contributed by atoms with Gasteiger partial charge >= 0.3 is 6.03 Å². The summed E-state index contributed by atoms with van der Waals surface area (Å²) in [7, 11) is 1.63. The summed E-state index contributed by atoms with van der Waals surface area (Å²) in [6.45, 7) is 4.35. The van der Waals surface area contributed by atoms with Gasteiger partial charge in [-0.2, -0.15) is 0 Å². The summed E-state index contributed by atoms with van der Waals surface area (Å²) in [6.07, 6.45) is 0. The SMILES string of the molecule is COc1ccc(CN2CCN(C(=O)NC[C@@H](C)c3ccccc3)CC2=O)cc1. The Labute approximate surface area is 166 Å². The van der Waals surface area contributed by atoms with Gasteiger partial charge in [-0.1, -0.05) is 49.4 Å². The lowest BCUT2D eigenvalue weighted by Gasteiger charge is -2.34. The van der Waals surface area contributed by atoms with E-state index in [1.807, 2.05) is 42.5 Å². The Morgan fingerprint density at radius 2 is 1.82 bits per heavy atom. The van der Waals surface area contributed by atoms with Crippen LogP contribution < -0.4 is 10.1 Å². The van der Waals surface area contributed by atoms with Gasteiger partial charge in [0.2, 0.25) is 5.91 Å². The van der Waals surface area contributed by atoms with Crippen molar-refractivity contribution in [2.24, 2.45) is 0 Å². The number of nitrogens with zero attached hydrogens (tertiary/aromatic N) is 2. The maximum absolute atomic E-state index is 12.5. The van der Waals surface area contributed by atoms with Crippen molar-refractivity contribution in [3.8, 4) is 5.75 Å². The van der Waals surface area contributed by atoms with Crippen LogP contribution in [0.25, 0.3) is 0 Å². The Bertz CT molecular complexity index is 792. The normalized spacial score (nSPS) is 15.3. The molecule has 148 valence electrons. The highest BCUT2D eigenvalue weighted by molar-refractivity contribution is 5.85. The zero-order valence-corrected chi connectivity index (χ0v) is 16.4. The first-order chi connectivity index (χ1) is 13.6. The van der Waals surface area contributed by atoms with Crippen molar-refractivity contribution in [1.82, 2.24) is 15.1 Å². The number of piperazine rings is 1. The van der Waals surface area contributed by atoms with Crippen LogP contribution >= 0.6 is 0 Å². The Hall–Kier alpha value is -3.02. The van der Waals surface area contributed by atoms with Crippen molar-refractivity contribution >= 4 is 11.9 Å². The van der Waals surface area contributed by atoms with E-state index in [0.29, 0.717) is 26.2 Å². The minimum Gasteiger partial charge on any atom is -0.497 e. The quantitative estimate of drug-likeness (QED) is 0.837. The van der Waals surface area contributed by atoms with Gasteiger partial charge in [0.1, 0.15) is 12.3 Å². The molecule has 0 aromatic heterocycles. The number of carbonyl (C=O) groups is 2. The zero-order valence-electron chi connectivity index (χ0n) is 16.4. The van der Waals surface area contributed by atoms with E-state index in [4.69, 9.17) is 4.74 Å². The zero-order chi connectivity index (χ0) is 19.9. The maximum atomic E-state index is 12.5. The molecule has 6 nitrogen and oxygen atoms in total. The van der Waals surface area contributed by atoms with Crippen LogP contribution in [-0.2, 0) is 11.3 Å². The molecule has 3 rings (SSSR count). The number of benzene rings is 2. The van der Waals surface area contributed by atoms with Crippen LogP contribution in [-0.4, -0.2) is 55.0 Å². The van der Waals surface area contributed by atoms with Gasteiger partial charge in [-0.25, -0.2) is 4.79 Å². The molecule has 0 spiro atoms. The van der Waals surface area contributed by atoms with E-state index in [1.54, 1.807) is 16.9 Å². The van der Waals surface area contributed by atoms with E-state index in [-0.39, 0.29) is 24.4 Å². The Kier molecular flexibility index (Phi) is 6.53. The maximum Gasteiger partial charge on any atom is 0.317 e. The molecule has 1 N–H and O–H groups in total. The van der Waals surface area contributed by atoms with E-state index in [9.17, 15) is 9.59 Å². The van der Waals surface area contributed by atoms with Crippen LogP contribution in [0.4, 0.5) is 4.79 Å². The Balaban J connectivity index is 1.47. The van der Waals surface area contributed by atoms with Gasteiger partial charge in [-0.15, -0.1) is 0 Å². The topological polar surface area (TPSA) is 61.9 Å². The predicted molar refractivity (Wildman–Crippen MR) is 108 cm³/mol. The third-order valence-electron chi connectivity index (χ3n) is 5.07. The van der Waals surface area contributed by atoms with Crippen LogP contribution in [0.5, 0.6) is 5.75 Å². The van der Waals surface area contributed by atoms with Crippen LogP contribution in [0.15, 0.2) is 54.6 Å². The van der Waals surface area contributed by atoms with Crippen molar-refractivity contribution < 1.29 is 14.3 Å². The van der Waals surface area contributed by atoms with Crippen molar-refractivity contribution in [2.75, 3.05) is 33.3 Å². The number of hydrogen-bond acceptors (Lipinski definition) is 3. The summed E-state index contributed by atoms with van der Waals surface area (Å²) in [6, 6.07) is 17.6. The molecule has 1 aliphatic rings. The van der Waals surface area contributed by atoms with E-state index < -0.39 is 0 Å². The fraction of sp³-hybridized carbons (Fsp3) is 0.364. The molecule has 1 fully saturated rings. The molecule has 0 radical (unpaired) electrons. The average molecular weight is 381 g/mol. The number of rotatable bonds is 6. The van der Waals surface area contributed by atoms with Crippen molar-refractivity contribution in [3.63, 3.8) is 0 Å². The summed E-state index contributed by atoms with van der Waals surface area (Å²) in [4.78, 5) is 28.3. The fourth-order valence-corrected chi connectivity index (χ4v) is 3.25. The highest BCUT2D eigenvalue weighted by Crippen LogP contribution is 2.16. The molecule has 28 heavy (non-hydrogen) atoms. The van der Waals surface area contributed by atoms with Gasteiger partial charge in [0.15, 0.2) is 0 Å². The molecule has 1 atom stereocenters. The van der Waals surface area contributed by atoms with Gasteiger partial charge in [-0.3, -0.25) is 4.79 Å². The minimum absolute atomic E-state index is 0.0340. The van der Waals surface area contributed by atoms with Crippen LogP contribution in [0.1, 0.15) is 24.0 Å². The number of ether oxygens (including phenoxy) is 1. The van der Waals surface area contributed by atoms with E-state index in [1.165, 1.54) is 5.56 Å². The van der Waals surface area contributed by atoms with Crippen LogP contribution in [0, 0.1) is 0 Å². The molecular formula is C22H27N3O3. The van der Waals surface area contributed by atoms with Crippen molar-refractivity contribution in [2.45, 2.75) is 19.4 Å². The van der Waals surface area contributed by atoms with Gasteiger partial charge in [0.25, 0.3) is 0 Å². The number of hydrogen-bond donors (Lipinski definition) is 1. The largest absolute Gasteiger partial charge is 0.497 e. The summed E-state index contributed by atoms with van der Waals surface area (Å²) in [5.74, 6) is 0.979.